The molecule has 0 bridgehead atoms. The van der Waals surface area contributed by atoms with E-state index in [2.05, 4.69) is 48.5 Å². The maximum Gasteiger partial charge on any atom is 0.0716 e. The second-order valence-electron chi connectivity index (χ2n) is 4.74. The van der Waals surface area contributed by atoms with Gasteiger partial charge in [-0.2, -0.15) is 0 Å². The van der Waals surface area contributed by atoms with Crippen LogP contribution in [-0.2, 0) is 4.74 Å². The van der Waals surface area contributed by atoms with Gasteiger partial charge in [0, 0.05) is 32.4 Å². The van der Waals surface area contributed by atoms with Crippen LogP contribution in [-0.4, -0.2) is 39.4 Å². The molecule has 1 saturated heterocycles. The van der Waals surface area contributed by atoms with E-state index >= 15 is 0 Å². The first-order chi connectivity index (χ1) is 8.25. The zero-order valence-corrected chi connectivity index (χ0v) is 10.8. The van der Waals surface area contributed by atoms with Crippen molar-refractivity contribution in [2.24, 2.45) is 0 Å². The Bertz CT molecular complexity index is 331. The summed E-state index contributed by atoms with van der Waals surface area (Å²) in [5, 5.41) is 3.36. The molecule has 2 rings (SSSR count). The molecule has 0 radical (unpaired) electrons. The molecule has 1 aromatic rings. The lowest BCUT2D eigenvalue weighted by Crippen LogP contribution is -2.40. The van der Waals surface area contributed by atoms with Gasteiger partial charge in [0.25, 0.3) is 0 Å². The Morgan fingerprint density at radius 1 is 1.35 bits per heavy atom. The van der Waals surface area contributed by atoms with E-state index in [0.29, 0.717) is 6.10 Å². The van der Waals surface area contributed by atoms with Crippen molar-refractivity contribution >= 4 is 5.69 Å². The number of nitrogens with zero attached hydrogens (tertiary/aromatic N) is 1. The van der Waals surface area contributed by atoms with Crippen molar-refractivity contribution in [3.8, 4) is 0 Å². The molecule has 1 N–H and O–H groups in total. The summed E-state index contributed by atoms with van der Waals surface area (Å²) in [6.45, 7) is 5.98. The zero-order chi connectivity index (χ0) is 12.1. The first-order valence-corrected chi connectivity index (χ1v) is 6.36. The van der Waals surface area contributed by atoms with Gasteiger partial charge < -0.3 is 15.0 Å². The predicted octanol–water partition coefficient (Wildman–Crippen LogP) is 1.81. The summed E-state index contributed by atoms with van der Waals surface area (Å²) in [6.07, 6.45) is 1.45. The van der Waals surface area contributed by atoms with Crippen molar-refractivity contribution in [2.45, 2.75) is 19.4 Å². The highest BCUT2D eigenvalue weighted by molar-refractivity contribution is 5.46. The third kappa shape index (κ3) is 3.72. The summed E-state index contributed by atoms with van der Waals surface area (Å²) >= 11 is 0. The molecular weight excluding hydrogens is 212 g/mol. The van der Waals surface area contributed by atoms with Gasteiger partial charge in [-0.3, -0.25) is 0 Å². The minimum Gasteiger partial charge on any atom is -0.376 e. The molecule has 1 heterocycles. The second kappa shape index (κ2) is 6.03. The van der Waals surface area contributed by atoms with E-state index in [4.69, 9.17) is 4.74 Å². The van der Waals surface area contributed by atoms with Crippen molar-refractivity contribution < 1.29 is 4.74 Å². The van der Waals surface area contributed by atoms with E-state index in [1.54, 1.807) is 0 Å². The summed E-state index contributed by atoms with van der Waals surface area (Å²) < 4.78 is 5.69. The topological polar surface area (TPSA) is 24.5 Å². The van der Waals surface area contributed by atoms with Crippen molar-refractivity contribution in [2.75, 3.05) is 38.2 Å². The van der Waals surface area contributed by atoms with Crippen LogP contribution in [0.4, 0.5) is 5.69 Å². The van der Waals surface area contributed by atoms with E-state index < -0.39 is 0 Å². The van der Waals surface area contributed by atoms with Crippen LogP contribution < -0.4 is 10.2 Å². The highest BCUT2D eigenvalue weighted by atomic mass is 16.5. The molecule has 17 heavy (non-hydrogen) atoms. The molecule has 0 saturated carbocycles. The summed E-state index contributed by atoms with van der Waals surface area (Å²) in [6, 6.07) is 8.67. The molecule has 0 aliphatic carbocycles. The van der Waals surface area contributed by atoms with Crippen LogP contribution in [0.5, 0.6) is 0 Å². The van der Waals surface area contributed by atoms with Gasteiger partial charge in [-0.05, 0) is 25.5 Å². The maximum atomic E-state index is 5.69. The zero-order valence-electron chi connectivity index (χ0n) is 10.8. The van der Waals surface area contributed by atoms with Crippen LogP contribution in [0.15, 0.2) is 24.3 Å². The third-order valence-corrected chi connectivity index (χ3v) is 3.27. The lowest BCUT2D eigenvalue weighted by atomic mass is 10.2. The minimum absolute atomic E-state index is 0.372. The summed E-state index contributed by atoms with van der Waals surface area (Å²) in [5.74, 6) is 0. The van der Waals surface area contributed by atoms with Crippen molar-refractivity contribution in [1.82, 2.24) is 5.32 Å². The highest BCUT2D eigenvalue weighted by Gasteiger charge is 2.13. The lowest BCUT2D eigenvalue weighted by molar-refractivity contribution is 0.0250. The van der Waals surface area contributed by atoms with Crippen molar-refractivity contribution in [3.05, 3.63) is 29.8 Å². The van der Waals surface area contributed by atoms with E-state index in [0.717, 1.165) is 32.7 Å². The van der Waals surface area contributed by atoms with Crippen LogP contribution >= 0.6 is 0 Å². The minimum atomic E-state index is 0.372. The molecule has 0 spiro atoms. The summed E-state index contributed by atoms with van der Waals surface area (Å²) in [7, 11) is 2.14. The Balaban J connectivity index is 1.80. The normalized spacial score (nSPS) is 20.2. The Hall–Kier alpha value is -1.06. The first-order valence-electron chi connectivity index (χ1n) is 6.36. The van der Waals surface area contributed by atoms with Crippen LogP contribution in [0.25, 0.3) is 0 Å². The number of hydrogen-bond acceptors (Lipinski definition) is 3. The van der Waals surface area contributed by atoms with Gasteiger partial charge >= 0.3 is 0 Å². The fourth-order valence-corrected chi connectivity index (χ4v) is 2.07. The number of rotatable bonds is 4. The molecule has 94 valence electrons. The molecule has 1 aromatic carbocycles. The Morgan fingerprint density at radius 3 is 2.76 bits per heavy atom. The summed E-state index contributed by atoms with van der Waals surface area (Å²) in [5.41, 5.74) is 2.58. The van der Waals surface area contributed by atoms with E-state index in [-0.39, 0.29) is 0 Å². The second-order valence-corrected chi connectivity index (χ2v) is 4.74. The molecular formula is C14H22N2O. The van der Waals surface area contributed by atoms with Crippen LogP contribution in [0.2, 0.25) is 0 Å². The number of benzene rings is 1. The van der Waals surface area contributed by atoms with Crippen LogP contribution in [0, 0.1) is 6.92 Å². The van der Waals surface area contributed by atoms with Gasteiger partial charge in [-0.1, -0.05) is 17.7 Å². The van der Waals surface area contributed by atoms with Gasteiger partial charge in [0.15, 0.2) is 0 Å². The molecule has 0 aromatic heterocycles. The average Bonchev–Trinajstić information content (AvgIpc) is 2.38. The predicted molar refractivity (Wildman–Crippen MR) is 71.7 cm³/mol. The van der Waals surface area contributed by atoms with E-state index in [1.165, 1.54) is 11.3 Å². The van der Waals surface area contributed by atoms with E-state index in [1.807, 2.05) is 0 Å². The van der Waals surface area contributed by atoms with Gasteiger partial charge in [-0.15, -0.1) is 0 Å². The van der Waals surface area contributed by atoms with Crippen LogP contribution in [0.1, 0.15) is 12.0 Å². The number of nitrogens with one attached hydrogen (secondary N) is 1. The number of aryl methyl sites for hydroxylation is 1. The molecule has 1 unspecified atom stereocenters. The maximum absolute atomic E-state index is 5.69. The monoisotopic (exact) mass is 234 g/mol. The number of morpholine rings is 1. The Labute approximate surface area is 104 Å². The fraction of sp³-hybridized carbons (Fsp3) is 0.571. The van der Waals surface area contributed by atoms with Gasteiger partial charge in [0.2, 0.25) is 0 Å². The quantitative estimate of drug-likeness (QED) is 0.860. The van der Waals surface area contributed by atoms with Crippen molar-refractivity contribution in [1.29, 1.82) is 0 Å². The van der Waals surface area contributed by atoms with Gasteiger partial charge in [0.1, 0.15) is 0 Å². The largest absolute Gasteiger partial charge is 0.376 e. The molecule has 1 aliphatic rings. The number of anilines is 1. The first kappa shape index (κ1) is 12.4. The number of ether oxygens (including phenoxy) is 1. The Morgan fingerprint density at radius 2 is 2.12 bits per heavy atom. The number of hydrogen-bond donors (Lipinski definition) is 1. The van der Waals surface area contributed by atoms with Crippen LogP contribution in [0.3, 0.4) is 0 Å². The van der Waals surface area contributed by atoms with Gasteiger partial charge in [-0.25, -0.2) is 0 Å². The average molecular weight is 234 g/mol. The Kier molecular flexibility index (Phi) is 4.40. The molecule has 0 amide bonds. The highest BCUT2D eigenvalue weighted by Crippen LogP contribution is 2.14. The fourth-order valence-electron chi connectivity index (χ4n) is 2.07. The van der Waals surface area contributed by atoms with Crippen molar-refractivity contribution in [3.63, 3.8) is 0 Å². The molecule has 1 fully saturated rings. The molecule has 3 heteroatoms. The molecule has 3 nitrogen and oxygen atoms in total. The third-order valence-electron chi connectivity index (χ3n) is 3.27. The summed E-state index contributed by atoms with van der Waals surface area (Å²) in [4.78, 5) is 2.29. The SMILES string of the molecule is Cc1ccc(N(C)CCC2CNCCO2)cc1. The standard InChI is InChI=1S/C14H22N2O/c1-12-3-5-13(6-4-12)16(2)9-7-14-11-15-8-10-17-14/h3-6,14-15H,7-11H2,1-2H3. The van der Waals surface area contributed by atoms with Gasteiger partial charge in [0.05, 0.1) is 12.7 Å². The smallest absolute Gasteiger partial charge is 0.0716 e. The van der Waals surface area contributed by atoms with E-state index in [9.17, 15) is 0 Å². The lowest BCUT2D eigenvalue weighted by Gasteiger charge is -2.26. The molecule has 1 atom stereocenters. The molecule has 1 aliphatic heterocycles.